The minimum atomic E-state index is -0.275. The maximum absolute atomic E-state index is 12.6. The number of hydrazone groups is 1. The van der Waals surface area contributed by atoms with E-state index >= 15 is 0 Å². The highest BCUT2D eigenvalue weighted by Gasteiger charge is 2.31. The van der Waals surface area contributed by atoms with Crippen molar-refractivity contribution in [2.75, 3.05) is 0 Å². The van der Waals surface area contributed by atoms with E-state index < -0.39 is 0 Å². The Kier molecular flexibility index (Phi) is 4.22. The van der Waals surface area contributed by atoms with Gasteiger partial charge in [0.05, 0.1) is 6.04 Å². The van der Waals surface area contributed by atoms with Crippen LogP contribution in [0.2, 0.25) is 0 Å². The second kappa shape index (κ2) is 6.06. The number of rotatable bonds is 2. The van der Waals surface area contributed by atoms with Gasteiger partial charge in [-0.15, -0.1) is 0 Å². The molecule has 0 saturated carbocycles. The van der Waals surface area contributed by atoms with Crippen molar-refractivity contribution in [3.05, 3.63) is 35.5 Å². The highest BCUT2D eigenvalue weighted by Crippen LogP contribution is 2.31. The first-order valence-electron chi connectivity index (χ1n) is 8.47. The van der Waals surface area contributed by atoms with Crippen molar-refractivity contribution in [2.45, 2.75) is 53.1 Å². The standard InChI is InChI=1S/C19H26N4O/c1-11-17-14(13-8-6-7-9-15(13)21-17)10-16(20-11)18(24)23-22-12(2)19(3,4)5/h6-9,11,16,20-21H,10H2,1-5H3,(H,23,24)/b22-12+/t11-,16?/m0/s1. The molecule has 2 atom stereocenters. The molecule has 1 aliphatic heterocycles. The first-order valence-corrected chi connectivity index (χ1v) is 8.47. The number of aromatic nitrogens is 1. The van der Waals surface area contributed by atoms with E-state index in [1.807, 2.05) is 19.1 Å². The fourth-order valence-electron chi connectivity index (χ4n) is 3.01. The zero-order chi connectivity index (χ0) is 17.5. The Morgan fingerprint density at radius 2 is 2.00 bits per heavy atom. The summed E-state index contributed by atoms with van der Waals surface area (Å²) in [5, 5.41) is 8.86. The second-order valence-electron chi connectivity index (χ2n) is 7.63. The van der Waals surface area contributed by atoms with Crippen LogP contribution in [0.25, 0.3) is 10.9 Å². The van der Waals surface area contributed by atoms with Crippen molar-refractivity contribution in [3.63, 3.8) is 0 Å². The van der Waals surface area contributed by atoms with Crippen LogP contribution in [0.3, 0.4) is 0 Å². The molecule has 2 heterocycles. The van der Waals surface area contributed by atoms with Crippen LogP contribution in [-0.2, 0) is 11.2 Å². The minimum absolute atomic E-state index is 0.0510. The van der Waals surface area contributed by atoms with Gasteiger partial charge in [0.15, 0.2) is 0 Å². The van der Waals surface area contributed by atoms with Crippen LogP contribution >= 0.6 is 0 Å². The van der Waals surface area contributed by atoms with Gasteiger partial charge in [0, 0.05) is 33.8 Å². The number of aromatic amines is 1. The lowest BCUT2D eigenvalue weighted by atomic mass is 9.91. The molecule has 5 heteroatoms. The summed E-state index contributed by atoms with van der Waals surface area (Å²) in [4.78, 5) is 16.0. The molecular formula is C19H26N4O. The molecule has 3 rings (SSSR count). The van der Waals surface area contributed by atoms with E-state index in [4.69, 9.17) is 0 Å². The topological polar surface area (TPSA) is 69.3 Å². The Morgan fingerprint density at radius 1 is 1.29 bits per heavy atom. The van der Waals surface area contributed by atoms with Gasteiger partial charge in [-0.25, -0.2) is 5.43 Å². The second-order valence-corrected chi connectivity index (χ2v) is 7.63. The number of hydrogen-bond acceptors (Lipinski definition) is 3. The van der Waals surface area contributed by atoms with Gasteiger partial charge in [-0.3, -0.25) is 10.1 Å². The van der Waals surface area contributed by atoms with Crippen molar-refractivity contribution in [3.8, 4) is 0 Å². The monoisotopic (exact) mass is 326 g/mol. The quantitative estimate of drug-likeness (QED) is 0.585. The maximum Gasteiger partial charge on any atom is 0.257 e. The smallest absolute Gasteiger partial charge is 0.257 e. The minimum Gasteiger partial charge on any atom is -0.357 e. The average Bonchev–Trinajstić information content (AvgIpc) is 2.90. The number of carbonyl (C=O) groups excluding carboxylic acids is 1. The van der Waals surface area contributed by atoms with Gasteiger partial charge >= 0.3 is 0 Å². The molecule has 128 valence electrons. The predicted octanol–water partition coefficient (Wildman–Crippen LogP) is 3.28. The van der Waals surface area contributed by atoms with Crippen LogP contribution in [0.15, 0.2) is 29.4 Å². The van der Waals surface area contributed by atoms with Gasteiger partial charge in [-0.2, -0.15) is 5.10 Å². The lowest BCUT2D eigenvalue weighted by Crippen LogP contribution is -2.48. The number of carbonyl (C=O) groups is 1. The zero-order valence-electron chi connectivity index (χ0n) is 15.0. The van der Waals surface area contributed by atoms with Crippen LogP contribution in [0, 0.1) is 5.41 Å². The average molecular weight is 326 g/mol. The van der Waals surface area contributed by atoms with Gasteiger partial charge in [0.2, 0.25) is 0 Å². The van der Waals surface area contributed by atoms with E-state index in [2.05, 4.69) is 60.7 Å². The summed E-state index contributed by atoms with van der Waals surface area (Å²) in [6.45, 7) is 10.3. The summed E-state index contributed by atoms with van der Waals surface area (Å²) in [6.07, 6.45) is 0.666. The third-order valence-corrected chi connectivity index (χ3v) is 4.87. The lowest BCUT2D eigenvalue weighted by molar-refractivity contribution is -0.123. The van der Waals surface area contributed by atoms with E-state index in [9.17, 15) is 4.79 Å². The highest BCUT2D eigenvalue weighted by molar-refractivity contribution is 5.91. The van der Waals surface area contributed by atoms with Crippen LogP contribution < -0.4 is 10.7 Å². The van der Waals surface area contributed by atoms with Crippen LogP contribution in [-0.4, -0.2) is 22.6 Å². The Balaban J connectivity index is 1.81. The van der Waals surface area contributed by atoms with Crippen molar-refractivity contribution in [2.24, 2.45) is 10.5 Å². The molecule has 0 saturated heterocycles. The van der Waals surface area contributed by atoms with Gasteiger partial charge in [-0.05, 0) is 31.9 Å². The Labute approximate surface area is 142 Å². The Morgan fingerprint density at radius 3 is 2.71 bits per heavy atom. The largest absolute Gasteiger partial charge is 0.357 e. The molecule has 1 unspecified atom stereocenters. The van der Waals surface area contributed by atoms with Crippen molar-refractivity contribution in [1.29, 1.82) is 0 Å². The number of nitrogens with one attached hydrogen (secondary N) is 3. The number of amides is 1. The Hall–Kier alpha value is -2.14. The number of H-pyrrole nitrogens is 1. The number of hydrogen-bond donors (Lipinski definition) is 3. The van der Waals surface area contributed by atoms with Crippen LogP contribution in [0.4, 0.5) is 0 Å². The molecule has 0 fully saturated rings. The van der Waals surface area contributed by atoms with E-state index in [1.54, 1.807) is 0 Å². The van der Waals surface area contributed by atoms with Crippen molar-refractivity contribution in [1.82, 2.24) is 15.7 Å². The Bertz CT molecular complexity index is 797. The summed E-state index contributed by atoms with van der Waals surface area (Å²) in [5.41, 5.74) is 7.11. The predicted molar refractivity (Wildman–Crippen MR) is 98.0 cm³/mol. The molecule has 1 aliphatic rings. The molecule has 1 aromatic carbocycles. The summed E-state index contributed by atoms with van der Waals surface area (Å²) in [6, 6.07) is 8.07. The molecule has 0 aliphatic carbocycles. The van der Waals surface area contributed by atoms with E-state index in [-0.39, 0.29) is 23.4 Å². The number of benzene rings is 1. The third kappa shape index (κ3) is 3.08. The first kappa shape index (κ1) is 16.7. The van der Waals surface area contributed by atoms with Crippen molar-refractivity contribution < 1.29 is 4.79 Å². The van der Waals surface area contributed by atoms with Crippen molar-refractivity contribution >= 4 is 22.5 Å². The molecule has 1 aromatic heterocycles. The van der Waals surface area contributed by atoms with E-state index in [0.717, 1.165) is 11.2 Å². The van der Waals surface area contributed by atoms with E-state index in [0.29, 0.717) is 6.42 Å². The fraction of sp³-hybridized carbons (Fsp3) is 0.474. The molecule has 24 heavy (non-hydrogen) atoms. The summed E-state index contributed by atoms with van der Waals surface area (Å²) in [5.74, 6) is -0.0821. The summed E-state index contributed by atoms with van der Waals surface area (Å²) < 4.78 is 0. The fourth-order valence-corrected chi connectivity index (χ4v) is 3.01. The lowest BCUT2D eigenvalue weighted by Gasteiger charge is -2.28. The number of para-hydroxylation sites is 1. The van der Waals surface area contributed by atoms with Gasteiger partial charge in [0.25, 0.3) is 5.91 Å². The number of fused-ring (bicyclic) bond motifs is 3. The molecular weight excluding hydrogens is 300 g/mol. The van der Waals surface area contributed by atoms with Crippen LogP contribution in [0.5, 0.6) is 0 Å². The van der Waals surface area contributed by atoms with Crippen LogP contribution in [0.1, 0.15) is 51.9 Å². The summed E-state index contributed by atoms with van der Waals surface area (Å²) in [7, 11) is 0. The zero-order valence-corrected chi connectivity index (χ0v) is 15.0. The molecule has 5 nitrogen and oxygen atoms in total. The van der Waals surface area contributed by atoms with Gasteiger partial charge < -0.3 is 4.98 Å². The SMILES string of the molecule is C/C(=N\NC(=O)C1Cc2c([nH]c3ccccc23)[C@H](C)N1)C(C)(C)C. The van der Waals surface area contributed by atoms with E-state index in [1.165, 1.54) is 16.6 Å². The molecule has 2 aromatic rings. The molecule has 0 spiro atoms. The molecule has 0 bridgehead atoms. The van der Waals surface area contributed by atoms with Gasteiger partial charge in [0.1, 0.15) is 0 Å². The first-order chi connectivity index (χ1) is 11.3. The molecule has 3 N–H and O–H groups in total. The number of nitrogens with zero attached hydrogens (tertiary/aromatic N) is 1. The van der Waals surface area contributed by atoms with Gasteiger partial charge in [-0.1, -0.05) is 39.0 Å². The summed E-state index contributed by atoms with van der Waals surface area (Å²) >= 11 is 0. The highest BCUT2D eigenvalue weighted by atomic mass is 16.2. The molecule has 0 radical (unpaired) electrons. The third-order valence-electron chi connectivity index (χ3n) is 4.87. The molecule has 1 amide bonds. The maximum atomic E-state index is 12.6. The normalized spacial score (nSPS) is 21.6.